The second-order valence-electron chi connectivity index (χ2n) is 11.1. The van der Waals surface area contributed by atoms with E-state index in [9.17, 15) is 15.3 Å². The maximum atomic E-state index is 11.7. The predicted molar refractivity (Wildman–Crippen MR) is 106 cm³/mol. The number of ether oxygens (including phenoxy) is 2. The average Bonchev–Trinajstić information content (AvgIpc) is 3.14. The van der Waals surface area contributed by atoms with Gasteiger partial charge in [-0.15, -0.1) is 0 Å². The molecule has 5 aliphatic carbocycles. The molecular weight excluding hydrogens is 370 g/mol. The Morgan fingerprint density at radius 1 is 1.14 bits per heavy atom. The summed E-state index contributed by atoms with van der Waals surface area (Å²) in [5.74, 6) is 1.01. The van der Waals surface area contributed by atoms with Crippen molar-refractivity contribution in [3.05, 3.63) is 0 Å². The zero-order chi connectivity index (χ0) is 20.3. The zero-order valence-corrected chi connectivity index (χ0v) is 18.0. The Morgan fingerprint density at radius 3 is 2.59 bits per heavy atom. The third-order valence-corrected chi connectivity index (χ3v) is 11.1. The molecule has 6 heteroatoms. The topological polar surface area (TPSA) is 82.4 Å². The summed E-state index contributed by atoms with van der Waals surface area (Å²) < 4.78 is 12.4. The molecule has 0 radical (unpaired) electrons. The van der Waals surface area contributed by atoms with Gasteiger partial charge in [0, 0.05) is 61.8 Å². The Kier molecular flexibility index (Phi) is 4.00. The Morgan fingerprint density at radius 2 is 1.93 bits per heavy atom. The highest BCUT2D eigenvalue weighted by molar-refractivity contribution is 5.33. The molecule has 6 rings (SSSR count). The van der Waals surface area contributed by atoms with Crippen LogP contribution in [-0.4, -0.2) is 84.1 Å². The molecule has 6 nitrogen and oxygen atoms in total. The summed E-state index contributed by atoms with van der Waals surface area (Å²) in [6.07, 6.45) is 3.65. The van der Waals surface area contributed by atoms with Crippen LogP contribution < -0.4 is 0 Å². The molecule has 3 N–H and O–H groups in total. The zero-order valence-electron chi connectivity index (χ0n) is 18.0. The van der Waals surface area contributed by atoms with Gasteiger partial charge in [-0.3, -0.25) is 4.90 Å². The largest absolute Gasteiger partial charge is 0.396 e. The van der Waals surface area contributed by atoms with Gasteiger partial charge in [-0.2, -0.15) is 0 Å². The van der Waals surface area contributed by atoms with E-state index in [1.165, 1.54) is 0 Å². The molecule has 0 amide bonds. The van der Waals surface area contributed by atoms with Crippen LogP contribution in [0, 0.1) is 40.4 Å². The minimum Gasteiger partial charge on any atom is -0.396 e. The highest BCUT2D eigenvalue weighted by Gasteiger charge is 2.83. The van der Waals surface area contributed by atoms with Gasteiger partial charge in [-0.05, 0) is 44.1 Å². The third-order valence-electron chi connectivity index (χ3n) is 11.1. The van der Waals surface area contributed by atoms with Gasteiger partial charge in [0.05, 0.1) is 30.5 Å². The minimum atomic E-state index is -0.426. The number of aliphatic hydroxyl groups excluding tert-OH is 3. The van der Waals surface area contributed by atoms with E-state index in [4.69, 9.17) is 9.47 Å². The third kappa shape index (κ3) is 1.85. The first-order valence-electron chi connectivity index (χ1n) is 11.7. The number of piperidine rings is 1. The van der Waals surface area contributed by atoms with Crippen LogP contribution in [0.3, 0.4) is 0 Å². The van der Waals surface area contributed by atoms with Crippen LogP contribution in [0.2, 0.25) is 0 Å². The number of hydrogen-bond acceptors (Lipinski definition) is 6. The summed E-state index contributed by atoms with van der Waals surface area (Å²) in [7, 11) is 3.60. The molecule has 29 heavy (non-hydrogen) atoms. The lowest BCUT2D eigenvalue weighted by Crippen LogP contribution is -2.76. The van der Waals surface area contributed by atoms with Gasteiger partial charge in [0.2, 0.25) is 0 Å². The summed E-state index contributed by atoms with van der Waals surface area (Å²) in [6, 6.07) is 0.273. The summed E-state index contributed by atoms with van der Waals surface area (Å²) in [6.45, 7) is 4.28. The van der Waals surface area contributed by atoms with Crippen molar-refractivity contribution in [1.82, 2.24) is 4.90 Å². The van der Waals surface area contributed by atoms with Gasteiger partial charge < -0.3 is 24.8 Å². The minimum absolute atomic E-state index is 0.0141. The van der Waals surface area contributed by atoms with Crippen LogP contribution >= 0.6 is 0 Å². The van der Waals surface area contributed by atoms with E-state index in [-0.39, 0.29) is 59.4 Å². The standard InChI is InChI=1S/C23H37NO5/c1-4-24-10-21(11-25)6-5-17(26)23-13-7-12-15(28-2)9-22(29-3,18(13)19(12)27)14(20(23)24)8-16(21)23/h12-20,25-27H,4-11H2,1-3H3/t12-,13?,14+,15+,16?,17+,18?,19?,20-,21+,22+,23-/m1/s1. The molecule has 7 bridgehead atoms. The van der Waals surface area contributed by atoms with Crippen molar-refractivity contribution in [2.24, 2.45) is 40.4 Å². The van der Waals surface area contributed by atoms with Crippen molar-refractivity contribution in [2.45, 2.75) is 69.0 Å². The van der Waals surface area contributed by atoms with Crippen molar-refractivity contribution in [1.29, 1.82) is 0 Å². The smallest absolute Gasteiger partial charge is 0.0802 e. The molecule has 6 aliphatic rings. The molecule has 1 saturated heterocycles. The Balaban J connectivity index is 1.60. The lowest BCUT2D eigenvalue weighted by atomic mass is 9.43. The number of fused-ring (bicyclic) bond motifs is 2. The monoisotopic (exact) mass is 407 g/mol. The van der Waals surface area contributed by atoms with E-state index in [1.807, 2.05) is 7.11 Å². The SMILES string of the molecule is CCN1C[C@]2(CO)CC[C@H](O)[C@@]34C5C[C@H]6C(O)C5[C@](OC)(C[C@@H]6OC)[C@@H](CC23)[C@@H]14. The normalized spacial score (nSPS) is 62.5. The fraction of sp³-hybridized carbons (Fsp3) is 1.00. The highest BCUT2D eigenvalue weighted by atomic mass is 16.5. The second kappa shape index (κ2) is 5.96. The molecule has 1 aliphatic heterocycles. The van der Waals surface area contributed by atoms with Crippen LogP contribution in [0.25, 0.3) is 0 Å². The van der Waals surface area contributed by atoms with E-state index in [0.29, 0.717) is 5.92 Å². The summed E-state index contributed by atoms with van der Waals surface area (Å²) in [5.41, 5.74) is -0.758. The maximum Gasteiger partial charge on any atom is 0.0802 e. The van der Waals surface area contributed by atoms with Gasteiger partial charge in [0.25, 0.3) is 0 Å². The fourth-order valence-corrected chi connectivity index (χ4v) is 10.4. The average molecular weight is 408 g/mol. The summed E-state index contributed by atoms with van der Waals surface area (Å²) in [4.78, 5) is 2.57. The van der Waals surface area contributed by atoms with Gasteiger partial charge in [-0.1, -0.05) is 6.92 Å². The van der Waals surface area contributed by atoms with Gasteiger partial charge in [0.15, 0.2) is 0 Å². The van der Waals surface area contributed by atoms with E-state index in [2.05, 4.69) is 11.8 Å². The lowest BCUT2D eigenvalue weighted by Gasteiger charge is -2.69. The number of likely N-dealkylation sites (tertiary alicyclic amines) is 1. The molecule has 12 atom stereocenters. The van der Waals surface area contributed by atoms with Crippen LogP contribution in [0.4, 0.5) is 0 Å². The van der Waals surface area contributed by atoms with Crippen LogP contribution in [0.5, 0.6) is 0 Å². The first kappa shape index (κ1) is 19.4. The molecule has 0 aromatic rings. The van der Waals surface area contributed by atoms with E-state index < -0.39 is 11.7 Å². The number of rotatable bonds is 4. The Hall–Kier alpha value is -0.240. The molecule has 164 valence electrons. The van der Waals surface area contributed by atoms with Gasteiger partial charge in [-0.25, -0.2) is 0 Å². The van der Waals surface area contributed by atoms with Gasteiger partial charge in [0.1, 0.15) is 0 Å². The van der Waals surface area contributed by atoms with Gasteiger partial charge >= 0.3 is 0 Å². The van der Waals surface area contributed by atoms with Crippen LogP contribution in [0.15, 0.2) is 0 Å². The molecule has 0 aromatic heterocycles. The second-order valence-corrected chi connectivity index (χ2v) is 11.1. The van der Waals surface area contributed by atoms with Crippen molar-refractivity contribution < 1.29 is 24.8 Å². The fourth-order valence-electron chi connectivity index (χ4n) is 10.4. The molecule has 1 heterocycles. The van der Waals surface area contributed by atoms with E-state index >= 15 is 0 Å². The number of nitrogens with zero attached hydrogens (tertiary/aromatic N) is 1. The maximum absolute atomic E-state index is 11.7. The first-order valence-corrected chi connectivity index (χ1v) is 11.7. The molecule has 5 saturated carbocycles. The molecule has 4 unspecified atom stereocenters. The van der Waals surface area contributed by atoms with Crippen molar-refractivity contribution in [3.8, 4) is 0 Å². The van der Waals surface area contributed by atoms with Crippen molar-refractivity contribution in [2.75, 3.05) is 33.9 Å². The number of aliphatic hydroxyl groups is 3. The van der Waals surface area contributed by atoms with Crippen molar-refractivity contribution in [3.63, 3.8) is 0 Å². The predicted octanol–water partition coefficient (Wildman–Crippen LogP) is 0.877. The molecular formula is C23H37NO5. The molecule has 6 fully saturated rings. The van der Waals surface area contributed by atoms with Crippen molar-refractivity contribution >= 4 is 0 Å². The lowest BCUT2D eigenvalue weighted by molar-refractivity contribution is -0.277. The summed E-state index contributed by atoms with van der Waals surface area (Å²) in [5, 5.41) is 33.8. The highest BCUT2D eigenvalue weighted by Crippen LogP contribution is 2.79. The summed E-state index contributed by atoms with van der Waals surface area (Å²) >= 11 is 0. The van der Waals surface area contributed by atoms with E-state index in [0.717, 1.165) is 45.2 Å². The first-order chi connectivity index (χ1) is 13.9. The number of methoxy groups -OCH3 is 2. The quantitative estimate of drug-likeness (QED) is 0.642. The Labute approximate surface area is 173 Å². The van der Waals surface area contributed by atoms with E-state index in [1.54, 1.807) is 7.11 Å². The van der Waals surface area contributed by atoms with Crippen LogP contribution in [0.1, 0.15) is 39.0 Å². The molecule has 0 aromatic carbocycles. The Bertz CT molecular complexity index is 705. The van der Waals surface area contributed by atoms with Crippen LogP contribution in [-0.2, 0) is 9.47 Å². The number of hydrogen-bond donors (Lipinski definition) is 3. The molecule has 1 spiro atoms.